The molecule has 0 saturated carbocycles. The summed E-state index contributed by atoms with van der Waals surface area (Å²) >= 11 is 0. The van der Waals surface area contributed by atoms with E-state index < -0.39 is 11.9 Å². The predicted octanol–water partition coefficient (Wildman–Crippen LogP) is 3.53. The van der Waals surface area contributed by atoms with Crippen molar-refractivity contribution in [3.63, 3.8) is 0 Å². The average molecular weight is 320 g/mol. The number of carboxylic acids is 1. The molecule has 0 spiro atoms. The van der Waals surface area contributed by atoms with Gasteiger partial charge in [0.1, 0.15) is 11.5 Å². The SMILES string of the molecule is CC(C)(C)c1cc(OC(=O)/C=C\C(=O)O)c(C(C)(C)C)cc1O. The molecule has 1 aromatic rings. The normalized spacial score (nSPS) is 12.4. The number of hydrogen-bond donors (Lipinski definition) is 2. The molecule has 0 heterocycles. The fourth-order valence-electron chi connectivity index (χ4n) is 2.12. The van der Waals surface area contributed by atoms with Gasteiger partial charge in [-0.05, 0) is 23.0 Å². The molecular weight excluding hydrogens is 296 g/mol. The summed E-state index contributed by atoms with van der Waals surface area (Å²) in [5, 5.41) is 18.9. The Balaban J connectivity index is 3.37. The zero-order chi connectivity index (χ0) is 18.0. The molecule has 0 amide bonds. The van der Waals surface area contributed by atoms with Gasteiger partial charge in [-0.1, -0.05) is 41.5 Å². The molecular formula is C18H24O5. The van der Waals surface area contributed by atoms with Crippen molar-refractivity contribution in [2.24, 2.45) is 0 Å². The van der Waals surface area contributed by atoms with Gasteiger partial charge in [-0.15, -0.1) is 0 Å². The molecule has 1 aromatic carbocycles. The number of ether oxygens (including phenoxy) is 1. The molecule has 0 bridgehead atoms. The fourth-order valence-corrected chi connectivity index (χ4v) is 2.12. The number of aliphatic carboxylic acids is 1. The van der Waals surface area contributed by atoms with Crippen LogP contribution >= 0.6 is 0 Å². The minimum atomic E-state index is -1.22. The number of phenolic OH excluding ortho intramolecular Hbond substituents is 1. The third-order valence-corrected chi connectivity index (χ3v) is 3.29. The number of benzene rings is 1. The van der Waals surface area contributed by atoms with E-state index in [4.69, 9.17) is 9.84 Å². The van der Waals surface area contributed by atoms with Crippen molar-refractivity contribution >= 4 is 11.9 Å². The summed E-state index contributed by atoms with van der Waals surface area (Å²) < 4.78 is 5.31. The lowest BCUT2D eigenvalue weighted by atomic mass is 9.81. The Morgan fingerprint density at radius 2 is 1.48 bits per heavy atom. The molecule has 126 valence electrons. The largest absolute Gasteiger partial charge is 0.508 e. The molecule has 0 atom stereocenters. The quantitative estimate of drug-likeness (QED) is 0.505. The second-order valence-corrected chi connectivity index (χ2v) is 7.46. The van der Waals surface area contributed by atoms with E-state index in [2.05, 4.69) is 0 Å². The van der Waals surface area contributed by atoms with Gasteiger partial charge < -0.3 is 14.9 Å². The standard InChI is InChI=1S/C18H24O5/c1-17(2,3)11-10-14(23-16(22)8-7-15(20)21)12(9-13(11)19)18(4,5)6/h7-10,19H,1-6H3,(H,20,21)/b8-7-. The van der Waals surface area contributed by atoms with Crippen molar-refractivity contribution in [2.45, 2.75) is 52.4 Å². The minimum absolute atomic E-state index is 0.142. The number of esters is 1. The lowest BCUT2D eigenvalue weighted by Gasteiger charge is -2.27. The second-order valence-electron chi connectivity index (χ2n) is 7.46. The highest BCUT2D eigenvalue weighted by Gasteiger charge is 2.26. The van der Waals surface area contributed by atoms with Crippen LogP contribution in [0.4, 0.5) is 0 Å². The third-order valence-electron chi connectivity index (χ3n) is 3.29. The number of rotatable bonds is 3. The summed E-state index contributed by atoms with van der Waals surface area (Å²) in [6.07, 6.45) is 1.59. The first-order valence-corrected chi connectivity index (χ1v) is 7.33. The number of hydrogen-bond acceptors (Lipinski definition) is 4. The number of aromatic hydroxyl groups is 1. The van der Waals surface area contributed by atoms with Gasteiger partial charge in [0.05, 0.1) is 0 Å². The van der Waals surface area contributed by atoms with Gasteiger partial charge >= 0.3 is 11.9 Å². The van der Waals surface area contributed by atoms with Gasteiger partial charge in [-0.25, -0.2) is 9.59 Å². The van der Waals surface area contributed by atoms with E-state index >= 15 is 0 Å². The Labute approximate surface area is 136 Å². The molecule has 0 aromatic heterocycles. The van der Waals surface area contributed by atoms with Crippen molar-refractivity contribution in [2.75, 3.05) is 0 Å². The number of carboxylic acid groups (broad SMARTS) is 1. The number of carbonyl (C=O) groups excluding carboxylic acids is 1. The number of carbonyl (C=O) groups is 2. The lowest BCUT2D eigenvalue weighted by Crippen LogP contribution is -2.18. The smallest absolute Gasteiger partial charge is 0.336 e. The Morgan fingerprint density at radius 1 is 0.957 bits per heavy atom. The maximum atomic E-state index is 11.8. The van der Waals surface area contributed by atoms with Gasteiger partial charge in [0.15, 0.2) is 0 Å². The highest BCUT2D eigenvalue weighted by atomic mass is 16.5. The zero-order valence-electron chi connectivity index (χ0n) is 14.4. The van der Waals surface area contributed by atoms with Crippen molar-refractivity contribution in [1.82, 2.24) is 0 Å². The first-order valence-electron chi connectivity index (χ1n) is 7.33. The molecule has 2 N–H and O–H groups in total. The molecule has 23 heavy (non-hydrogen) atoms. The van der Waals surface area contributed by atoms with E-state index in [0.717, 1.165) is 12.2 Å². The molecule has 0 aliphatic carbocycles. The van der Waals surface area contributed by atoms with E-state index in [0.29, 0.717) is 16.9 Å². The molecule has 5 heteroatoms. The van der Waals surface area contributed by atoms with E-state index in [1.807, 2.05) is 41.5 Å². The predicted molar refractivity (Wildman–Crippen MR) is 87.9 cm³/mol. The average Bonchev–Trinajstić information content (AvgIpc) is 2.35. The highest BCUT2D eigenvalue weighted by Crippen LogP contribution is 2.40. The molecule has 5 nitrogen and oxygen atoms in total. The summed E-state index contributed by atoms with van der Waals surface area (Å²) in [6, 6.07) is 3.24. The van der Waals surface area contributed by atoms with Crippen LogP contribution in [-0.4, -0.2) is 22.2 Å². The van der Waals surface area contributed by atoms with Crippen molar-refractivity contribution in [3.8, 4) is 11.5 Å². The van der Waals surface area contributed by atoms with Gasteiger partial charge in [0.25, 0.3) is 0 Å². The Kier molecular flexibility index (Phi) is 5.25. The third kappa shape index (κ3) is 5.13. The van der Waals surface area contributed by atoms with Gasteiger partial charge in [-0.2, -0.15) is 0 Å². The van der Waals surface area contributed by atoms with Crippen LogP contribution in [0.1, 0.15) is 52.7 Å². The molecule has 0 unspecified atom stereocenters. The van der Waals surface area contributed by atoms with Crippen LogP contribution in [0.5, 0.6) is 11.5 Å². The first kappa shape index (κ1) is 18.7. The van der Waals surface area contributed by atoms with E-state index in [9.17, 15) is 14.7 Å². The fraction of sp³-hybridized carbons (Fsp3) is 0.444. The summed E-state index contributed by atoms with van der Waals surface area (Å²) in [5.41, 5.74) is 0.620. The topological polar surface area (TPSA) is 83.8 Å². The van der Waals surface area contributed by atoms with Gasteiger partial charge in [0.2, 0.25) is 0 Å². The summed E-state index contributed by atoms with van der Waals surface area (Å²) in [4.78, 5) is 22.3. The zero-order valence-corrected chi connectivity index (χ0v) is 14.4. The summed E-state index contributed by atoms with van der Waals surface area (Å²) in [7, 11) is 0. The van der Waals surface area contributed by atoms with Crippen molar-refractivity contribution in [3.05, 3.63) is 35.4 Å². The summed E-state index contributed by atoms with van der Waals surface area (Å²) in [6.45, 7) is 11.6. The molecule has 1 rings (SSSR count). The lowest BCUT2D eigenvalue weighted by molar-refractivity contribution is -0.133. The van der Waals surface area contributed by atoms with Gasteiger partial charge in [0, 0.05) is 23.3 Å². The maximum Gasteiger partial charge on any atom is 0.336 e. The molecule has 0 saturated heterocycles. The molecule has 0 aliphatic heterocycles. The van der Waals surface area contributed by atoms with E-state index in [1.54, 1.807) is 12.1 Å². The van der Waals surface area contributed by atoms with Crippen molar-refractivity contribution in [1.29, 1.82) is 0 Å². The van der Waals surface area contributed by atoms with Crippen molar-refractivity contribution < 1.29 is 24.5 Å². The Hall–Kier alpha value is -2.30. The summed E-state index contributed by atoms with van der Waals surface area (Å²) in [5.74, 6) is -1.54. The number of phenols is 1. The van der Waals surface area contributed by atoms with Gasteiger partial charge in [-0.3, -0.25) is 0 Å². The minimum Gasteiger partial charge on any atom is -0.508 e. The Bertz CT molecular complexity index is 643. The monoisotopic (exact) mass is 320 g/mol. The maximum absolute atomic E-state index is 11.8. The highest BCUT2D eigenvalue weighted by molar-refractivity contribution is 5.91. The van der Waals surface area contributed by atoms with Crippen LogP contribution in [0.25, 0.3) is 0 Å². The molecule has 0 aliphatic rings. The van der Waals surface area contributed by atoms with Crippen LogP contribution in [0.2, 0.25) is 0 Å². The Morgan fingerprint density at radius 3 is 1.91 bits per heavy atom. The van der Waals surface area contributed by atoms with E-state index in [1.165, 1.54) is 0 Å². The van der Waals surface area contributed by atoms with Crippen LogP contribution in [0.3, 0.4) is 0 Å². The first-order chi connectivity index (χ1) is 10.3. The molecule has 0 radical (unpaired) electrons. The van der Waals surface area contributed by atoms with Crippen LogP contribution in [0.15, 0.2) is 24.3 Å². The van der Waals surface area contributed by atoms with Crippen LogP contribution in [-0.2, 0) is 20.4 Å². The second kappa shape index (κ2) is 6.44. The van der Waals surface area contributed by atoms with E-state index in [-0.39, 0.29) is 16.6 Å². The molecule has 0 fully saturated rings. The van der Waals surface area contributed by atoms with Crippen LogP contribution < -0.4 is 4.74 Å². The van der Waals surface area contributed by atoms with Crippen LogP contribution in [0, 0.1) is 0 Å².